The lowest BCUT2D eigenvalue weighted by Gasteiger charge is -2.49. The number of rotatable bonds is 10. The lowest BCUT2D eigenvalue weighted by molar-refractivity contribution is -0.151. The van der Waals surface area contributed by atoms with Crippen LogP contribution in [-0.2, 0) is 14.4 Å². The van der Waals surface area contributed by atoms with E-state index in [4.69, 9.17) is 0 Å². The average Bonchev–Trinajstić information content (AvgIpc) is 3.59. The van der Waals surface area contributed by atoms with Crippen molar-refractivity contribution in [2.45, 2.75) is 28.7 Å². The molecule has 2 unspecified atom stereocenters. The average molecular weight is 675 g/mol. The van der Waals surface area contributed by atoms with Gasteiger partial charge in [0.25, 0.3) is 11.8 Å². The molecule has 3 amide bonds. The third kappa shape index (κ3) is 6.34. The molecule has 6 rings (SSSR count). The molecule has 4 N–H and O–H groups in total. The number of β-lactam (4-membered cyclic amide) rings is 1. The molecule has 2 aliphatic rings. The van der Waals surface area contributed by atoms with Gasteiger partial charge >= 0.3 is 5.97 Å². The van der Waals surface area contributed by atoms with E-state index < -0.39 is 47.0 Å². The highest BCUT2D eigenvalue weighted by Gasteiger charge is 2.54. The molecule has 234 valence electrons. The van der Waals surface area contributed by atoms with Crippen molar-refractivity contribution in [2.75, 3.05) is 11.5 Å². The van der Waals surface area contributed by atoms with Crippen LogP contribution in [-0.4, -0.2) is 76.9 Å². The molecule has 4 aromatic rings. The van der Waals surface area contributed by atoms with E-state index in [1.807, 2.05) is 31.2 Å². The molecule has 1 fully saturated rings. The van der Waals surface area contributed by atoms with Crippen molar-refractivity contribution >= 4 is 58.6 Å². The van der Waals surface area contributed by atoms with Crippen molar-refractivity contribution in [1.29, 1.82) is 0 Å². The van der Waals surface area contributed by atoms with Gasteiger partial charge in [0.1, 0.15) is 34.2 Å². The smallest absolute Gasteiger partial charge is 0.352 e. The number of fused-ring (bicyclic) bond motifs is 1. The number of aromatic nitrogens is 3. The molecule has 4 heterocycles. The third-order valence-electron chi connectivity index (χ3n) is 7.40. The van der Waals surface area contributed by atoms with Crippen LogP contribution in [0.4, 0.5) is 0 Å². The summed E-state index contributed by atoms with van der Waals surface area (Å²) >= 11 is 4.03. The summed E-state index contributed by atoms with van der Waals surface area (Å²) in [6.07, 6.45) is 0. The molecule has 0 aliphatic carbocycles. The van der Waals surface area contributed by atoms with Gasteiger partial charge < -0.3 is 20.8 Å². The summed E-state index contributed by atoms with van der Waals surface area (Å²) in [5.41, 5.74) is 4.67. The minimum absolute atomic E-state index is 0.0961. The SMILES string of the molecule is Cc1ccc(-c2ccc(C(=O)NC(C(=O)NC3C(=O)N4C(C(=O)O)=C(CSc5nncs5)CS[C@@H]34)c3ccccc3)c(O)n2)cc1. The van der Waals surface area contributed by atoms with Crippen molar-refractivity contribution in [1.82, 2.24) is 30.7 Å². The Bertz CT molecular complexity index is 1840. The van der Waals surface area contributed by atoms with E-state index in [1.54, 1.807) is 41.9 Å². The number of pyridine rings is 1. The van der Waals surface area contributed by atoms with E-state index in [1.165, 1.54) is 45.8 Å². The lowest BCUT2D eigenvalue weighted by Crippen LogP contribution is -2.71. The number of aromatic hydroxyl groups is 1. The molecule has 2 aliphatic heterocycles. The Kier molecular flexibility index (Phi) is 9.05. The van der Waals surface area contributed by atoms with E-state index in [-0.39, 0.29) is 11.3 Å². The van der Waals surface area contributed by atoms with Crippen molar-refractivity contribution < 1.29 is 29.4 Å². The van der Waals surface area contributed by atoms with Crippen molar-refractivity contribution in [3.63, 3.8) is 0 Å². The van der Waals surface area contributed by atoms with Gasteiger partial charge in [0.2, 0.25) is 11.8 Å². The molecule has 0 saturated carbocycles. The van der Waals surface area contributed by atoms with Crippen LogP contribution in [0.5, 0.6) is 5.88 Å². The minimum atomic E-state index is -1.23. The number of nitrogens with one attached hydrogen (secondary N) is 2. The Morgan fingerprint density at radius 3 is 2.52 bits per heavy atom. The summed E-state index contributed by atoms with van der Waals surface area (Å²) in [4.78, 5) is 57.9. The van der Waals surface area contributed by atoms with Gasteiger partial charge in [0.05, 0.1) is 5.69 Å². The number of thioether (sulfide) groups is 2. The summed E-state index contributed by atoms with van der Waals surface area (Å²) < 4.78 is 0.685. The predicted octanol–water partition coefficient (Wildman–Crippen LogP) is 3.62. The molecular formula is C31H26N6O6S3. The van der Waals surface area contributed by atoms with Crippen LogP contribution in [0.2, 0.25) is 0 Å². The van der Waals surface area contributed by atoms with E-state index in [0.717, 1.165) is 11.1 Å². The van der Waals surface area contributed by atoms with E-state index in [9.17, 15) is 29.4 Å². The first-order valence-corrected chi connectivity index (χ1v) is 16.8. The number of aryl methyl sites for hydroxylation is 1. The third-order valence-corrected chi connectivity index (χ3v) is 10.7. The summed E-state index contributed by atoms with van der Waals surface area (Å²) in [5, 5.41) is 33.1. The molecule has 15 heteroatoms. The second-order valence-corrected chi connectivity index (χ2v) is 13.6. The Morgan fingerprint density at radius 1 is 1.09 bits per heavy atom. The number of aliphatic carboxylic acids is 1. The van der Waals surface area contributed by atoms with Crippen molar-refractivity contribution in [3.8, 4) is 17.1 Å². The van der Waals surface area contributed by atoms with Crippen LogP contribution >= 0.6 is 34.9 Å². The number of carboxylic acid groups (broad SMARTS) is 1. The van der Waals surface area contributed by atoms with Crippen LogP contribution in [0.15, 0.2) is 87.9 Å². The lowest BCUT2D eigenvalue weighted by atomic mass is 10.0. The van der Waals surface area contributed by atoms with Crippen LogP contribution < -0.4 is 10.6 Å². The van der Waals surface area contributed by atoms with Crippen LogP contribution in [0.3, 0.4) is 0 Å². The van der Waals surface area contributed by atoms with Gasteiger partial charge in [-0.15, -0.1) is 22.0 Å². The molecule has 2 aromatic carbocycles. The van der Waals surface area contributed by atoms with Gasteiger partial charge in [-0.25, -0.2) is 9.78 Å². The molecule has 2 aromatic heterocycles. The monoisotopic (exact) mass is 674 g/mol. The number of carbonyl (C=O) groups excluding carboxylic acids is 3. The number of carboxylic acids is 1. The quantitative estimate of drug-likeness (QED) is 0.143. The van der Waals surface area contributed by atoms with E-state index in [0.29, 0.717) is 32.7 Å². The van der Waals surface area contributed by atoms with Crippen molar-refractivity contribution in [3.05, 3.63) is 100 Å². The highest BCUT2D eigenvalue weighted by Crippen LogP contribution is 2.42. The summed E-state index contributed by atoms with van der Waals surface area (Å²) in [5.74, 6) is -3.03. The molecule has 1 saturated heterocycles. The van der Waals surface area contributed by atoms with Gasteiger partial charge in [-0.3, -0.25) is 19.3 Å². The Labute approximate surface area is 275 Å². The number of amides is 3. The van der Waals surface area contributed by atoms with Gasteiger partial charge in [-0.05, 0) is 30.2 Å². The van der Waals surface area contributed by atoms with Gasteiger partial charge in [-0.2, -0.15) is 0 Å². The maximum Gasteiger partial charge on any atom is 0.352 e. The Hall–Kier alpha value is -4.73. The Morgan fingerprint density at radius 2 is 1.85 bits per heavy atom. The fourth-order valence-corrected chi connectivity index (χ4v) is 8.04. The number of benzene rings is 2. The Balaban J connectivity index is 1.18. The molecule has 0 spiro atoms. The summed E-state index contributed by atoms with van der Waals surface area (Å²) in [6, 6.07) is 16.8. The number of nitrogens with zero attached hydrogens (tertiary/aromatic N) is 4. The first-order valence-electron chi connectivity index (χ1n) is 13.9. The maximum absolute atomic E-state index is 13.7. The van der Waals surface area contributed by atoms with Crippen molar-refractivity contribution in [2.24, 2.45) is 0 Å². The number of carbonyl (C=O) groups is 4. The first-order chi connectivity index (χ1) is 22.2. The summed E-state index contributed by atoms with van der Waals surface area (Å²) in [6.45, 7) is 1.95. The van der Waals surface area contributed by atoms with Crippen LogP contribution in [0.1, 0.15) is 27.5 Å². The zero-order chi connectivity index (χ0) is 32.4. The highest BCUT2D eigenvalue weighted by molar-refractivity contribution is 8.01. The van der Waals surface area contributed by atoms with E-state index in [2.05, 4.69) is 25.8 Å². The first kappa shape index (κ1) is 31.3. The molecule has 0 radical (unpaired) electrons. The molecule has 46 heavy (non-hydrogen) atoms. The second-order valence-electron chi connectivity index (χ2n) is 10.4. The van der Waals surface area contributed by atoms with E-state index >= 15 is 0 Å². The fraction of sp³-hybridized carbons (Fsp3) is 0.194. The normalized spacial score (nSPS) is 17.9. The standard InChI is InChI=1S/C31H26N6O6S3/c1-16-7-9-17(10-8-16)21-12-11-20(25(38)33-21)26(39)34-22(18-5-3-2-4-6-18)27(40)35-23-28(41)37-24(30(42)43)19(13-44-29(23)37)14-45-31-36-32-15-46-31/h2-12,15,22-23,29H,13-14H2,1H3,(H,33,38)(H,34,39)(H,35,40)(H,42,43)/t22?,23?,29-/m0/s1. The minimum Gasteiger partial charge on any atom is -0.493 e. The van der Waals surface area contributed by atoms with Crippen LogP contribution in [0, 0.1) is 6.92 Å². The fourth-order valence-electron chi connectivity index (χ4n) is 5.07. The largest absolute Gasteiger partial charge is 0.493 e. The van der Waals surface area contributed by atoms with Crippen LogP contribution in [0.25, 0.3) is 11.3 Å². The van der Waals surface area contributed by atoms with Gasteiger partial charge in [0.15, 0.2) is 4.34 Å². The van der Waals surface area contributed by atoms with Gasteiger partial charge in [-0.1, -0.05) is 83.3 Å². The predicted molar refractivity (Wildman–Crippen MR) is 173 cm³/mol. The molecular weight excluding hydrogens is 649 g/mol. The molecule has 0 bridgehead atoms. The highest BCUT2D eigenvalue weighted by atomic mass is 32.2. The summed E-state index contributed by atoms with van der Waals surface area (Å²) in [7, 11) is 0. The number of hydrogen-bond acceptors (Lipinski definition) is 11. The number of hydrogen-bond donors (Lipinski definition) is 4. The topological polar surface area (TPSA) is 175 Å². The van der Waals surface area contributed by atoms with Gasteiger partial charge in [0, 0.05) is 17.1 Å². The zero-order valence-electron chi connectivity index (χ0n) is 24.1. The molecule has 12 nitrogen and oxygen atoms in total. The maximum atomic E-state index is 13.7. The molecule has 3 atom stereocenters. The zero-order valence-corrected chi connectivity index (χ0v) is 26.6. The second kappa shape index (κ2) is 13.3.